The molecule has 0 aliphatic heterocycles. The Morgan fingerprint density at radius 1 is 1.00 bits per heavy atom. The molecule has 2 aromatic rings. The molecule has 25 heavy (non-hydrogen) atoms. The van der Waals surface area contributed by atoms with Gasteiger partial charge in [-0.1, -0.05) is 50.5 Å². The largest absolute Gasteiger partial charge is 1.00 e. The molecule has 0 heterocycles. The van der Waals surface area contributed by atoms with Crippen LogP contribution in [0.5, 0.6) is 17.2 Å². The first-order valence-electron chi connectivity index (χ1n) is 7.96. The summed E-state index contributed by atoms with van der Waals surface area (Å²) in [7, 11) is -4.40. The van der Waals surface area contributed by atoms with E-state index in [2.05, 4.69) is 6.92 Å². The van der Waals surface area contributed by atoms with Crippen molar-refractivity contribution in [3.63, 3.8) is 0 Å². The Balaban J connectivity index is 0.00000312. The first kappa shape index (κ1) is 22.6. The summed E-state index contributed by atoms with van der Waals surface area (Å²) < 4.78 is 37.9. The zero-order chi connectivity index (χ0) is 17.6. The third-order valence-corrected chi connectivity index (χ3v) is 4.61. The van der Waals surface area contributed by atoms with Crippen molar-refractivity contribution in [2.75, 3.05) is 0 Å². The molecule has 0 radical (unpaired) electrons. The molecule has 0 saturated heterocycles. The van der Waals surface area contributed by atoms with Gasteiger partial charge >= 0.3 is 51.4 Å². The van der Waals surface area contributed by atoms with Crippen molar-refractivity contribution >= 4 is 10.1 Å². The van der Waals surface area contributed by atoms with Crippen LogP contribution < -0.4 is 61.2 Å². The summed E-state index contributed by atoms with van der Waals surface area (Å²) in [6.45, 7) is 2.11. The average molecular weight is 389 g/mol. The van der Waals surface area contributed by atoms with Crippen molar-refractivity contribution in [2.45, 2.75) is 43.9 Å². The molecule has 0 saturated carbocycles. The monoisotopic (exact) mass is 388 g/mol. The van der Waals surface area contributed by atoms with Crippen molar-refractivity contribution in [2.24, 2.45) is 0 Å². The molecule has 0 aliphatic rings. The molecule has 2 rings (SSSR count). The Labute approximate surface area is 191 Å². The minimum Gasteiger partial charge on any atom is -0.872 e. The summed E-state index contributed by atoms with van der Waals surface area (Å²) in [6.07, 6.45) is 4.66. The molecule has 0 amide bonds. The van der Waals surface area contributed by atoms with Crippen LogP contribution in [-0.4, -0.2) is 13.0 Å². The maximum Gasteiger partial charge on any atom is 1.00 e. The van der Waals surface area contributed by atoms with E-state index in [1.54, 1.807) is 18.2 Å². The molecule has 130 valence electrons. The summed E-state index contributed by atoms with van der Waals surface area (Å²) in [4.78, 5) is -0.321. The number of benzene rings is 2. The fraction of sp³-hybridized carbons (Fsp3) is 0.333. The van der Waals surface area contributed by atoms with E-state index in [0.29, 0.717) is 17.7 Å². The predicted molar refractivity (Wildman–Crippen MR) is 90.1 cm³/mol. The van der Waals surface area contributed by atoms with Gasteiger partial charge in [-0.05, 0) is 36.6 Å². The van der Waals surface area contributed by atoms with Gasteiger partial charge in [0.05, 0.1) is 0 Å². The minimum atomic E-state index is -4.40. The summed E-state index contributed by atoms with van der Waals surface area (Å²) in [6, 6.07) is 10.5. The van der Waals surface area contributed by atoms with E-state index in [9.17, 15) is 18.1 Å². The van der Waals surface area contributed by atoms with Gasteiger partial charge in [0.2, 0.25) is 0 Å². The van der Waals surface area contributed by atoms with Gasteiger partial charge in [-0.15, -0.1) is 5.75 Å². The normalized spacial score (nSPS) is 11.0. The predicted octanol–water partition coefficient (Wildman–Crippen LogP) is 0.926. The van der Waals surface area contributed by atoms with Gasteiger partial charge < -0.3 is 9.84 Å². The van der Waals surface area contributed by atoms with Crippen LogP contribution in [-0.2, 0) is 16.5 Å². The number of ether oxygens (including phenoxy) is 1. The second-order valence-electron chi connectivity index (χ2n) is 5.57. The number of para-hydroxylation sites is 1. The van der Waals surface area contributed by atoms with Gasteiger partial charge in [-0.3, -0.25) is 4.55 Å². The van der Waals surface area contributed by atoms with E-state index >= 15 is 0 Å². The van der Waals surface area contributed by atoms with Gasteiger partial charge in [0.15, 0.2) is 0 Å². The van der Waals surface area contributed by atoms with Crippen LogP contribution in [0.15, 0.2) is 47.4 Å². The van der Waals surface area contributed by atoms with E-state index < -0.39 is 10.1 Å². The number of unbranched alkanes of at least 4 members (excludes halogenated alkanes) is 3. The zero-order valence-electron chi connectivity index (χ0n) is 14.6. The van der Waals surface area contributed by atoms with Crippen LogP contribution in [0, 0.1) is 0 Å². The molecule has 0 bridgehead atoms. The third kappa shape index (κ3) is 6.67. The Morgan fingerprint density at radius 3 is 2.36 bits per heavy atom. The van der Waals surface area contributed by atoms with Crippen LogP contribution in [0.1, 0.15) is 38.2 Å². The van der Waals surface area contributed by atoms with E-state index in [1.165, 1.54) is 24.3 Å². The standard InChI is InChI=1S/C18H22O5S.K/c1-2-3-4-5-9-14-15(19)10-8-12-16(14)23-17-11-6-7-13-18(17)24(20,21)22;/h6-8,10-13,19H,2-5,9H2,1H3,(H,20,21,22);/q;+1/p-1. The molecular formula is C18H21KO5S. The number of hydrogen-bond acceptors (Lipinski definition) is 4. The van der Waals surface area contributed by atoms with Crippen molar-refractivity contribution in [1.82, 2.24) is 0 Å². The molecule has 0 atom stereocenters. The van der Waals surface area contributed by atoms with Crippen LogP contribution in [0.25, 0.3) is 0 Å². The topological polar surface area (TPSA) is 86.7 Å². The summed E-state index contributed by atoms with van der Waals surface area (Å²) in [5.74, 6) is 0.198. The Kier molecular flexibility index (Phi) is 9.65. The quantitative estimate of drug-likeness (QED) is 0.413. The molecule has 0 unspecified atom stereocenters. The average Bonchev–Trinajstić information content (AvgIpc) is 2.53. The maximum absolute atomic E-state index is 12.1. The molecular weight excluding hydrogens is 367 g/mol. The molecule has 7 heteroatoms. The molecule has 5 nitrogen and oxygen atoms in total. The second-order valence-corrected chi connectivity index (χ2v) is 6.96. The van der Waals surface area contributed by atoms with Crippen molar-refractivity contribution in [1.29, 1.82) is 0 Å². The van der Waals surface area contributed by atoms with Gasteiger partial charge in [-0.25, -0.2) is 0 Å². The van der Waals surface area contributed by atoms with Gasteiger partial charge in [0.1, 0.15) is 16.4 Å². The fourth-order valence-electron chi connectivity index (χ4n) is 2.48. The van der Waals surface area contributed by atoms with E-state index in [-0.39, 0.29) is 67.8 Å². The van der Waals surface area contributed by atoms with Gasteiger partial charge in [0.25, 0.3) is 10.1 Å². The minimum absolute atomic E-state index is 0. The molecule has 0 aromatic heterocycles. The Hall–Kier alpha value is -0.414. The number of rotatable bonds is 8. The molecule has 0 spiro atoms. The maximum atomic E-state index is 12.1. The van der Waals surface area contributed by atoms with E-state index in [1.807, 2.05) is 0 Å². The smallest absolute Gasteiger partial charge is 0.872 e. The first-order valence-corrected chi connectivity index (χ1v) is 9.40. The fourth-order valence-corrected chi connectivity index (χ4v) is 3.10. The summed E-state index contributed by atoms with van der Waals surface area (Å²) >= 11 is 0. The first-order chi connectivity index (χ1) is 11.4. The molecule has 0 aliphatic carbocycles. The van der Waals surface area contributed by atoms with Crippen molar-refractivity contribution in [3.8, 4) is 17.2 Å². The Morgan fingerprint density at radius 2 is 1.68 bits per heavy atom. The van der Waals surface area contributed by atoms with Crippen LogP contribution in [0.3, 0.4) is 0 Å². The summed E-state index contributed by atoms with van der Waals surface area (Å²) in [5, 5.41) is 12.1. The molecule has 2 aromatic carbocycles. The molecule has 0 fully saturated rings. The SMILES string of the molecule is CCCCCCc1c([O-])cccc1Oc1ccccc1S(=O)(=O)O.[K+]. The van der Waals surface area contributed by atoms with Crippen LogP contribution in [0.4, 0.5) is 0 Å². The van der Waals surface area contributed by atoms with Crippen LogP contribution >= 0.6 is 0 Å². The van der Waals surface area contributed by atoms with E-state index in [4.69, 9.17) is 4.74 Å². The van der Waals surface area contributed by atoms with E-state index in [0.717, 1.165) is 25.7 Å². The zero-order valence-corrected chi connectivity index (χ0v) is 18.5. The number of hydrogen-bond donors (Lipinski definition) is 1. The van der Waals surface area contributed by atoms with Gasteiger partial charge in [0, 0.05) is 0 Å². The van der Waals surface area contributed by atoms with Crippen molar-refractivity contribution < 1.29 is 74.2 Å². The summed E-state index contributed by atoms with van der Waals surface area (Å²) in [5.41, 5.74) is 0.527. The molecule has 1 N–H and O–H groups in total. The second kappa shape index (κ2) is 10.7. The van der Waals surface area contributed by atoms with Crippen molar-refractivity contribution in [3.05, 3.63) is 48.0 Å². The Bertz CT molecular complexity index is 790. The third-order valence-electron chi connectivity index (χ3n) is 3.72. The van der Waals surface area contributed by atoms with Gasteiger partial charge in [-0.2, -0.15) is 8.42 Å². The van der Waals surface area contributed by atoms with Crippen LogP contribution in [0.2, 0.25) is 0 Å².